The van der Waals surface area contributed by atoms with Gasteiger partial charge in [-0.05, 0) is 63.2 Å². The first kappa shape index (κ1) is 19.4. The number of fused-ring (bicyclic) bond motifs is 1. The standard InChI is InChI=1S/C22H29N3O2S/c1-15-12-23-19(16(2)21(15)27-3)14-24-8-4-17(5-9-24)22(26)25-10-6-20-18(13-25)7-11-28-20/h7,11-12,17H,4-6,8-10,13-14H2,1-3H3. The minimum absolute atomic E-state index is 0.165. The van der Waals surface area contributed by atoms with Crippen LogP contribution in [0.4, 0.5) is 0 Å². The number of aryl methyl sites for hydroxylation is 1. The van der Waals surface area contributed by atoms with Gasteiger partial charge in [0, 0.05) is 47.8 Å². The molecule has 2 aliphatic heterocycles. The topological polar surface area (TPSA) is 45.7 Å². The van der Waals surface area contributed by atoms with Gasteiger partial charge in [0.05, 0.1) is 12.8 Å². The molecular weight excluding hydrogens is 370 g/mol. The summed E-state index contributed by atoms with van der Waals surface area (Å²) in [6.45, 7) is 8.50. The van der Waals surface area contributed by atoms with Gasteiger partial charge in [0.1, 0.15) is 5.75 Å². The van der Waals surface area contributed by atoms with Crippen molar-refractivity contribution in [2.24, 2.45) is 5.92 Å². The molecule has 1 saturated heterocycles. The van der Waals surface area contributed by atoms with E-state index in [1.165, 1.54) is 10.4 Å². The highest BCUT2D eigenvalue weighted by molar-refractivity contribution is 7.10. The van der Waals surface area contributed by atoms with Crippen molar-refractivity contribution < 1.29 is 9.53 Å². The molecule has 0 bridgehead atoms. The molecule has 0 radical (unpaired) electrons. The zero-order chi connectivity index (χ0) is 19.7. The van der Waals surface area contributed by atoms with E-state index < -0.39 is 0 Å². The maximum atomic E-state index is 13.0. The molecule has 2 aliphatic rings. The van der Waals surface area contributed by atoms with Gasteiger partial charge in [0.25, 0.3) is 0 Å². The Balaban J connectivity index is 1.33. The number of hydrogen-bond donors (Lipinski definition) is 0. The van der Waals surface area contributed by atoms with Crippen molar-refractivity contribution >= 4 is 17.2 Å². The molecule has 0 aromatic carbocycles. The van der Waals surface area contributed by atoms with Crippen LogP contribution < -0.4 is 4.74 Å². The quantitative estimate of drug-likeness (QED) is 0.789. The number of piperidine rings is 1. The van der Waals surface area contributed by atoms with Crippen molar-refractivity contribution in [2.75, 3.05) is 26.7 Å². The van der Waals surface area contributed by atoms with Crippen molar-refractivity contribution in [3.05, 3.63) is 44.9 Å². The Kier molecular flexibility index (Phi) is 5.69. The number of methoxy groups -OCH3 is 1. The molecule has 2 aromatic rings. The Morgan fingerprint density at radius 3 is 2.82 bits per heavy atom. The molecule has 1 fully saturated rings. The predicted molar refractivity (Wildman–Crippen MR) is 112 cm³/mol. The number of ether oxygens (including phenoxy) is 1. The maximum Gasteiger partial charge on any atom is 0.226 e. The number of likely N-dealkylation sites (tertiary alicyclic amines) is 1. The van der Waals surface area contributed by atoms with Crippen LogP contribution in [0.25, 0.3) is 0 Å². The van der Waals surface area contributed by atoms with E-state index in [9.17, 15) is 4.79 Å². The van der Waals surface area contributed by atoms with Crippen LogP contribution >= 0.6 is 11.3 Å². The summed E-state index contributed by atoms with van der Waals surface area (Å²) in [5, 5.41) is 2.15. The average Bonchev–Trinajstić information content (AvgIpc) is 3.18. The fourth-order valence-corrected chi connectivity index (χ4v) is 5.36. The van der Waals surface area contributed by atoms with Gasteiger partial charge in [-0.2, -0.15) is 0 Å². The second-order valence-corrected chi connectivity index (χ2v) is 8.98. The maximum absolute atomic E-state index is 13.0. The molecule has 5 nitrogen and oxygen atoms in total. The molecule has 6 heteroatoms. The summed E-state index contributed by atoms with van der Waals surface area (Å²) >= 11 is 1.82. The summed E-state index contributed by atoms with van der Waals surface area (Å²) < 4.78 is 5.53. The third-order valence-corrected chi connectivity index (χ3v) is 7.20. The lowest BCUT2D eigenvalue weighted by atomic mass is 9.94. The van der Waals surface area contributed by atoms with E-state index in [1.807, 2.05) is 24.5 Å². The summed E-state index contributed by atoms with van der Waals surface area (Å²) in [7, 11) is 1.72. The molecule has 150 valence electrons. The number of carbonyl (C=O) groups is 1. The Bertz CT molecular complexity index is 855. The molecule has 4 heterocycles. The molecule has 28 heavy (non-hydrogen) atoms. The number of hydrogen-bond acceptors (Lipinski definition) is 5. The van der Waals surface area contributed by atoms with Crippen LogP contribution in [-0.2, 0) is 24.3 Å². The molecule has 1 amide bonds. The van der Waals surface area contributed by atoms with Crippen LogP contribution in [0.2, 0.25) is 0 Å². The van der Waals surface area contributed by atoms with Gasteiger partial charge in [-0.15, -0.1) is 11.3 Å². The van der Waals surface area contributed by atoms with Gasteiger partial charge in [0.15, 0.2) is 0 Å². The third-order valence-electron chi connectivity index (χ3n) is 6.18. The number of aromatic nitrogens is 1. The molecule has 0 unspecified atom stereocenters. The van der Waals surface area contributed by atoms with Gasteiger partial charge >= 0.3 is 0 Å². The van der Waals surface area contributed by atoms with Crippen molar-refractivity contribution in [3.8, 4) is 5.75 Å². The second-order valence-electron chi connectivity index (χ2n) is 7.98. The summed E-state index contributed by atoms with van der Waals surface area (Å²) in [6.07, 6.45) is 4.78. The number of pyridine rings is 1. The minimum Gasteiger partial charge on any atom is -0.496 e. The lowest BCUT2D eigenvalue weighted by Crippen LogP contribution is -2.44. The first-order chi connectivity index (χ1) is 13.6. The summed E-state index contributed by atoms with van der Waals surface area (Å²) in [5.41, 5.74) is 4.62. The molecule has 0 atom stereocenters. The number of thiophene rings is 1. The van der Waals surface area contributed by atoms with Crippen LogP contribution in [0.15, 0.2) is 17.6 Å². The molecule has 2 aromatic heterocycles. The van der Waals surface area contributed by atoms with Gasteiger partial charge in [-0.1, -0.05) is 0 Å². The Hall–Kier alpha value is -1.92. The van der Waals surface area contributed by atoms with Crippen molar-refractivity contribution in [1.29, 1.82) is 0 Å². The van der Waals surface area contributed by atoms with Crippen molar-refractivity contribution in [3.63, 3.8) is 0 Å². The van der Waals surface area contributed by atoms with E-state index in [-0.39, 0.29) is 5.92 Å². The smallest absolute Gasteiger partial charge is 0.226 e. The first-order valence-electron chi connectivity index (χ1n) is 10.1. The van der Waals surface area contributed by atoms with E-state index in [4.69, 9.17) is 4.74 Å². The first-order valence-corrected chi connectivity index (χ1v) is 11.0. The van der Waals surface area contributed by atoms with E-state index in [1.54, 1.807) is 7.11 Å². The minimum atomic E-state index is 0.165. The molecule has 4 rings (SSSR count). The van der Waals surface area contributed by atoms with Gasteiger partial charge in [-0.25, -0.2) is 0 Å². The zero-order valence-corrected chi connectivity index (χ0v) is 17.8. The Labute approximate surface area is 171 Å². The summed E-state index contributed by atoms with van der Waals surface area (Å²) in [5.74, 6) is 1.45. The Morgan fingerprint density at radius 1 is 1.29 bits per heavy atom. The molecule has 0 N–H and O–H groups in total. The van der Waals surface area contributed by atoms with Gasteiger partial charge in [0.2, 0.25) is 5.91 Å². The second kappa shape index (κ2) is 8.21. The van der Waals surface area contributed by atoms with E-state index >= 15 is 0 Å². The van der Waals surface area contributed by atoms with Gasteiger partial charge < -0.3 is 9.64 Å². The van der Waals surface area contributed by atoms with Crippen LogP contribution in [-0.4, -0.2) is 47.4 Å². The normalized spacial score (nSPS) is 18.2. The largest absolute Gasteiger partial charge is 0.496 e. The number of nitrogens with zero attached hydrogens (tertiary/aromatic N) is 3. The van der Waals surface area contributed by atoms with Crippen LogP contribution in [0.5, 0.6) is 5.75 Å². The Morgan fingerprint density at radius 2 is 2.07 bits per heavy atom. The summed E-state index contributed by atoms with van der Waals surface area (Å²) in [6, 6.07) is 2.17. The van der Waals surface area contributed by atoms with Crippen molar-refractivity contribution in [2.45, 2.75) is 46.2 Å². The van der Waals surface area contributed by atoms with Crippen molar-refractivity contribution in [1.82, 2.24) is 14.8 Å². The summed E-state index contributed by atoms with van der Waals surface area (Å²) in [4.78, 5) is 23.6. The van der Waals surface area contributed by atoms with E-state index in [0.717, 1.165) is 74.6 Å². The fraction of sp³-hybridized carbons (Fsp3) is 0.545. The molecule has 0 spiro atoms. The van der Waals surface area contributed by atoms with Crippen LogP contribution in [0, 0.1) is 19.8 Å². The lowest BCUT2D eigenvalue weighted by molar-refractivity contribution is -0.138. The monoisotopic (exact) mass is 399 g/mol. The lowest BCUT2D eigenvalue weighted by Gasteiger charge is -2.35. The van der Waals surface area contributed by atoms with Crippen LogP contribution in [0.3, 0.4) is 0 Å². The van der Waals surface area contributed by atoms with Gasteiger partial charge in [-0.3, -0.25) is 14.7 Å². The number of amides is 1. The van der Waals surface area contributed by atoms with E-state index in [0.29, 0.717) is 5.91 Å². The zero-order valence-electron chi connectivity index (χ0n) is 17.0. The third kappa shape index (κ3) is 3.80. The number of rotatable bonds is 4. The van der Waals surface area contributed by atoms with Crippen LogP contribution in [0.1, 0.15) is 40.1 Å². The fourth-order valence-electron chi connectivity index (χ4n) is 4.48. The predicted octanol–water partition coefficient (Wildman–Crippen LogP) is 3.57. The van der Waals surface area contributed by atoms with E-state index in [2.05, 4.69) is 33.2 Å². The molecular formula is C22H29N3O2S. The highest BCUT2D eigenvalue weighted by Gasteiger charge is 2.31. The molecule has 0 saturated carbocycles. The highest BCUT2D eigenvalue weighted by atomic mass is 32.1. The highest BCUT2D eigenvalue weighted by Crippen LogP contribution is 2.29. The SMILES string of the molecule is COc1c(C)cnc(CN2CCC(C(=O)N3CCc4sccc4C3)CC2)c1C. The average molecular weight is 400 g/mol. The molecule has 0 aliphatic carbocycles. The number of carbonyl (C=O) groups excluding carboxylic acids is 1.